The number of ether oxygens (including phenoxy) is 1. The van der Waals surface area contributed by atoms with E-state index in [0.717, 1.165) is 16.5 Å². The SMILES string of the molecule is O=C(NC(CO)c1ccccc1C(F)(F)F)[C@@H]1C[C@@H](O)CN1C(=O)OCc1ccccc1. The van der Waals surface area contributed by atoms with Crippen LogP contribution in [0, 0.1) is 0 Å². The zero-order valence-electron chi connectivity index (χ0n) is 17.0. The summed E-state index contributed by atoms with van der Waals surface area (Å²) in [5.74, 6) is -0.797. The normalized spacial score (nSPS) is 19.5. The molecule has 0 aromatic heterocycles. The van der Waals surface area contributed by atoms with Crippen LogP contribution in [0.5, 0.6) is 0 Å². The van der Waals surface area contributed by atoms with Crippen LogP contribution in [0.2, 0.25) is 0 Å². The van der Waals surface area contributed by atoms with E-state index in [1.807, 2.05) is 0 Å². The summed E-state index contributed by atoms with van der Waals surface area (Å²) >= 11 is 0. The molecule has 3 atom stereocenters. The fourth-order valence-electron chi connectivity index (χ4n) is 3.62. The summed E-state index contributed by atoms with van der Waals surface area (Å²) in [6.07, 6.45) is -6.61. The Labute approximate surface area is 182 Å². The number of aliphatic hydroxyl groups is 2. The van der Waals surface area contributed by atoms with E-state index in [2.05, 4.69) is 5.32 Å². The minimum absolute atomic E-state index is 0.0428. The van der Waals surface area contributed by atoms with Crippen LogP contribution in [0.15, 0.2) is 54.6 Å². The van der Waals surface area contributed by atoms with Gasteiger partial charge in [-0.25, -0.2) is 4.79 Å². The lowest BCUT2D eigenvalue weighted by molar-refractivity contribution is -0.139. The molecule has 3 rings (SSSR count). The average molecular weight is 452 g/mol. The van der Waals surface area contributed by atoms with Gasteiger partial charge in [0.25, 0.3) is 0 Å². The van der Waals surface area contributed by atoms with E-state index in [1.54, 1.807) is 30.3 Å². The van der Waals surface area contributed by atoms with Crippen molar-refractivity contribution in [1.82, 2.24) is 10.2 Å². The van der Waals surface area contributed by atoms with Crippen molar-refractivity contribution >= 4 is 12.0 Å². The lowest BCUT2D eigenvalue weighted by Crippen LogP contribution is -2.47. The summed E-state index contributed by atoms with van der Waals surface area (Å²) in [5.41, 5.74) is -0.553. The lowest BCUT2D eigenvalue weighted by atomic mass is 9.99. The first-order valence-electron chi connectivity index (χ1n) is 9.93. The molecule has 7 nitrogen and oxygen atoms in total. The van der Waals surface area contributed by atoms with Gasteiger partial charge in [-0.3, -0.25) is 9.69 Å². The van der Waals surface area contributed by atoms with E-state index in [9.17, 15) is 33.0 Å². The number of hydrogen-bond acceptors (Lipinski definition) is 5. The van der Waals surface area contributed by atoms with E-state index < -0.39 is 48.5 Å². The molecule has 0 bridgehead atoms. The van der Waals surface area contributed by atoms with Crippen LogP contribution in [-0.2, 0) is 22.3 Å². The third kappa shape index (κ3) is 5.57. The highest BCUT2D eigenvalue weighted by atomic mass is 19.4. The first-order valence-corrected chi connectivity index (χ1v) is 9.93. The monoisotopic (exact) mass is 452 g/mol. The van der Waals surface area contributed by atoms with Gasteiger partial charge in [0.2, 0.25) is 5.91 Å². The number of alkyl halides is 3. The number of nitrogens with zero attached hydrogens (tertiary/aromatic N) is 1. The van der Waals surface area contributed by atoms with Crippen molar-refractivity contribution in [3.63, 3.8) is 0 Å². The molecule has 172 valence electrons. The molecule has 0 saturated carbocycles. The smallest absolute Gasteiger partial charge is 0.416 e. The van der Waals surface area contributed by atoms with E-state index in [0.29, 0.717) is 0 Å². The van der Waals surface area contributed by atoms with Gasteiger partial charge in [0, 0.05) is 6.42 Å². The molecule has 1 aliphatic heterocycles. The van der Waals surface area contributed by atoms with Crippen molar-refractivity contribution < 1.29 is 37.7 Å². The average Bonchev–Trinajstić information content (AvgIpc) is 3.17. The summed E-state index contributed by atoms with van der Waals surface area (Å²) in [6.45, 7) is -0.986. The zero-order chi connectivity index (χ0) is 23.3. The van der Waals surface area contributed by atoms with E-state index in [4.69, 9.17) is 4.74 Å². The predicted octanol–water partition coefficient (Wildman–Crippen LogP) is 2.63. The molecule has 0 radical (unpaired) electrons. The Morgan fingerprint density at radius 1 is 1.12 bits per heavy atom. The third-order valence-corrected chi connectivity index (χ3v) is 5.16. The van der Waals surface area contributed by atoms with Crippen molar-refractivity contribution in [3.8, 4) is 0 Å². The van der Waals surface area contributed by atoms with Crippen LogP contribution in [0.25, 0.3) is 0 Å². The Kier molecular flexibility index (Phi) is 7.37. The molecule has 10 heteroatoms. The molecule has 1 fully saturated rings. The molecule has 0 spiro atoms. The van der Waals surface area contributed by atoms with Crippen molar-refractivity contribution in [1.29, 1.82) is 0 Å². The molecule has 1 saturated heterocycles. The highest BCUT2D eigenvalue weighted by Gasteiger charge is 2.41. The second-order valence-corrected chi connectivity index (χ2v) is 7.43. The predicted molar refractivity (Wildman–Crippen MR) is 107 cm³/mol. The van der Waals surface area contributed by atoms with Crippen LogP contribution in [0.3, 0.4) is 0 Å². The molecule has 32 heavy (non-hydrogen) atoms. The fourth-order valence-corrected chi connectivity index (χ4v) is 3.62. The van der Waals surface area contributed by atoms with Crippen molar-refractivity contribution in [2.45, 2.75) is 37.4 Å². The number of β-amino-alcohol motifs (C(OH)–C–C–N with tert-alkyl or cyclic N) is 1. The Bertz CT molecular complexity index is 939. The molecular weight excluding hydrogens is 429 g/mol. The Morgan fingerprint density at radius 3 is 2.44 bits per heavy atom. The molecule has 2 aromatic rings. The van der Waals surface area contributed by atoms with E-state index >= 15 is 0 Å². The van der Waals surface area contributed by atoms with Gasteiger partial charge >= 0.3 is 12.3 Å². The maximum absolute atomic E-state index is 13.3. The number of benzene rings is 2. The molecule has 1 unspecified atom stereocenters. The minimum atomic E-state index is -4.68. The number of nitrogens with one attached hydrogen (secondary N) is 1. The van der Waals surface area contributed by atoms with E-state index in [-0.39, 0.29) is 25.1 Å². The highest BCUT2D eigenvalue weighted by Crippen LogP contribution is 2.34. The van der Waals surface area contributed by atoms with Crippen LogP contribution >= 0.6 is 0 Å². The Balaban J connectivity index is 1.71. The number of aliphatic hydroxyl groups excluding tert-OH is 2. The lowest BCUT2D eigenvalue weighted by Gasteiger charge is -2.26. The molecule has 3 N–H and O–H groups in total. The van der Waals surface area contributed by atoms with Crippen LogP contribution in [-0.4, -0.2) is 52.4 Å². The van der Waals surface area contributed by atoms with Crippen LogP contribution < -0.4 is 5.32 Å². The van der Waals surface area contributed by atoms with Gasteiger partial charge in [0.1, 0.15) is 12.6 Å². The van der Waals surface area contributed by atoms with Gasteiger partial charge in [-0.1, -0.05) is 48.5 Å². The first-order chi connectivity index (χ1) is 15.2. The summed E-state index contributed by atoms with van der Waals surface area (Å²) in [5, 5.41) is 22.0. The number of hydrogen-bond donors (Lipinski definition) is 3. The summed E-state index contributed by atoms with van der Waals surface area (Å²) in [4.78, 5) is 26.4. The van der Waals surface area contributed by atoms with Crippen LogP contribution in [0.1, 0.15) is 29.2 Å². The van der Waals surface area contributed by atoms with Gasteiger partial charge in [-0.2, -0.15) is 13.2 Å². The topological polar surface area (TPSA) is 99.1 Å². The first kappa shape index (κ1) is 23.6. The third-order valence-electron chi connectivity index (χ3n) is 5.16. The van der Waals surface area contributed by atoms with Crippen molar-refractivity contribution in [2.24, 2.45) is 0 Å². The standard InChI is InChI=1S/C22H23F3N2O5/c23-22(24,25)17-9-5-4-8-16(17)18(12-28)26-20(30)19-10-15(29)11-27(19)21(31)32-13-14-6-2-1-3-7-14/h1-9,15,18-19,28-29H,10-13H2,(H,26,30)/t15-,18?,19+/m1/s1. The number of amides is 2. The van der Waals surface area contributed by atoms with Gasteiger partial charge in [-0.05, 0) is 17.2 Å². The molecule has 1 heterocycles. The van der Waals surface area contributed by atoms with Gasteiger partial charge in [0.05, 0.1) is 30.9 Å². The Hall–Kier alpha value is -3.11. The fraction of sp³-hybridized carbons (Fsp3) is 0.364. The van der Waals surface area contributed by atoms with E-state index in [1.165, 1.54) is 18.2 Å². The molecule has 0 aliphatic carbocycles. The molecule has 1 aliphatic rings. The second kappa shape index (κ2) is 10.0. The quantitative estimate of drug-likeness (QED) is 0.626. The summed E-state index contributed by atoms with van der Waals surface area (Å²) < 4.78 is 45.2. The van der Waals surface area contributed by atoms with Crippen molar-refractivity contribution in [3.05, 3.63) is 71.3 Å². The largest absolute Gasteiger partial charge is 0.445 e. The van der Waals surface area contributed by atoms with Crippen molar-refractivity contribution in [2.75, 3.05) is 13.2 Å². The number of carbonyl (C=O) groups excluding carboxylic acids is 2. The molecule has 2 aromatic carbocycles. The minimum Gasteiger partial charge on any atom is -0.445 e. The number of likely N-dealkylation sites (tertiary alicyclic amines) is 1. The number of carbonyl (C=O) groups is 2. The number of rotatable bonds is 6. The van der Waals surface area contributed by atoms with Gasteiger partial charge in [0.15, 0.2) is 0 Å². The maximum Gasteiger partial charge on any atom is 0.416 e. The maximum atomic E-state index is 13.3. The summed E-state index contributed by atoms with van der Waals surface area (Å²) in [6, 6.07) is 10.9. The van der Waals surface area contributed by atoms with Crippen LogP contribution in [0.4, 0.5) is 18.0 Å². The Morgan fingerprint density at radius 2 is 1.78 bits per heavy atom. The number of halogens is 3. The second-order valence-electron chi connectivity index (χ2n) is 7.43. The van der Waals surface area contributed by atoms with Gasteiger partial charge < -0.3 is 20.3 Å². The molecule has 2 amide bonds. The summed E-state index contributed by atoms with van der Waals surface area (Å²) in [7, 11) is 0. The highest BCUT2D eigenvalue weighted by molar-refractivity contribution is 5.86. The molecular formula is C22H23F3N2O5. The van der Waals surface area contributed by atoms with Gasteiger partial charge in [-0.15, -0.1) is 0 Å². The zero-order valence-corrected chi connectivity index (χ0v) is 17.0.